The van der Waals surface area contributed by atoms with Crippen LogP contribution in [0.3, 0.4) is 0 Å². The third-order valence-corrected chi connectivity index (χ3v) is 4.93. The first-order valence-corrected chi connectivity index (χ1v) is 10.2. The van der Waals surface area contributed by atoms with Crippen LogP contribution in [0.4, 0.5) is 0 Å². The van der Waals surface area contributed by atoms with Crippen LogP contribution in [0.15, 0.2) is 60.7 Å². The van der Waals surface area contributed by atoms with E-state index in [4.69, 9.17) is 0 Å². The summed E-state index contributed by atoms with van der Waals surface area (Å²) in [5, 5.41) is 3.08. The van der Waals surface area contributed by atoms with Gasteiger partial charge in [-0.1, -0.05) is 74.5 Å². The van der Waals surface area contributed by atoms with E-state index in [9.17, 15) is 9.59 Å². The van der Waals surface area contributed by atoms with E-state index in [1.165, 1.54) is 0 Å². The van der Waals surface area contributed by atoms with Crippen molar-refractivity contribution in [3.05, 3.63) is 71.8 Å². The van der Waals surface area contributed by atoms with Crippen LogP contribution in [0.25, 0.3) is 0 Å². The Morgan fingerprint density at radius 2 is 1.50 bits per heavy atom. The van der Waals surface area contributed by atoms with Crippen LogP contribution in [0.2, 0.25) is 0 Å². The molecule has 0 aliphatic rings. The Morgan fingerprint density at radius 1 is 0.929 bits per heavy atom. The number of carbonyl (C=O) groups excluding carboxylic acids is 2. The minimum Gasteiger partial charge on any atom is -0.352 e. The maximum Gasteiger partial charge on any atom is 0.243 e. The van der Waals surface area contributed by atoms with Gasteiger partial charge in [0, 0.05) is 25.4 Å². The topological polar surface area (TPSA) is 49.4 Å². The first kappa shape index (κ1) is 21.7. The van der Waals surface area contributed by atoms with Gasteiger partial charge in [-0.3, -0.25) is 9.59 Å². The summed E-state index contributed by atoms with van der Waals surface area (Å²) >= 11 is 0. The fraction of sp³-hybridized carbons (Fsp3) is 0.417. The molecule has 0 bridgehead atoms. The zero-order chi connectivity index (χ0) is 20.4. The number of nitrogens with zero attached hydrogens (tertiary/aromatic N) is 1. The minimum atomic E-state index is -0.532. The van der Waals surface area contributed by atoms with Crippen molar-refractivity contribution in [1.82, 2.24) is 10.2 Å². The van der Waals surface area contributed by atoms with E-state index in [2.05, 4.69) is 5.32 Å². The number of carbonyl (C=O) groups is 2. The van der Waals surface area contributed by atoms with Crippen LogP contribution in [0, 0.1) is 0 Å². The first-order chi connectivity index (χ1) is 13.5. The maximum absolute atomic E-state index is 13.2. The Hall–Kier alpha value is -2.62. The highest BCUT2D eigenvalue weighted by Gasteiger charge is 2.30. The third-order valence-electron chi connectivity index (χ3n) is 4.93. The molecule has 1 N–H and O–H groups in total. The van der Waals surface area contributed by atoms with Gasteiger partial charge in [-0.2, -0.15) is 0 Å². The van der Waals surface area contributed by atoms with E-state index in [0.717, 1.165) is 24.0 Å². The molecule has 4 nitrogen and oxygen atoms in total. The minimum absolute atomic E-state index is 0.0200. The lowest BCUT2D eigenvalue weighted by Gasteiger charge is -2.32. The van der Waals surface area contributed by atoms with Crippen molar-refractivity contribution in [3.8, 4) is 0 Å². The molecule has 0 saturated heterocycles. The van der Waals surface area contributed by atoms with Crippen LogP contribution in [0.5, 0.6) is 0 Å². The Kier molecular flexibility index (Phi) is 8.73. The molecule has 150 valence electrons. The van der Waals surface area contributed by atoms with Crippen molar-refractivity contribution in [3.63, 3.8) is 0 Å². The SMILES string of the molecule is CCCC(=O)N(Cc1ccccc1)C(Cc1ccccc1)C(=O)NC(C)CC. The molecule has 2 atom stereocenters. The lowest BCUT2D eigenvalue weighted by atomic mass is 10.0. The lowest BCUT2D eigenvalue weighted by molar-refractivity contribution is -0.141. The van der Waals surface area contributed by atoms with E-state index in [1.807, 2.05) is 81.4 Å². The summed E-state index contributed by atoms with van der Waals surface area (Å²) in [5.41, 5.74) is 2.08. The summed E-state index contributed by atoms with van der Waals surface area (Å²) in [7, 11) is 0. The average Bonchev–Trinajstić information content (AvgIpc) is 2.72. The maximum atomic E-state index is 13.2. The van der Waals surface area contributed by atoms with Crippen LogP contribution < -0.4 is 5.32 Å². The van der Waals surface area contributed by atoms with Gasteiger partial charge in [0.25, 0.3) is 0 Å². The molecule has 0 radical (unpaired) electrons. The predicted molar refractivity (Wildman–Crippen MR) is 114 cm³/mol. The molecule has 2 aromatic rings. The molecule has 2 aromatic carbocycles. The molecule has 28 heavy (non-hydrogen) atoms. The average molecular weight is 381 g/mol. The molecule has 0 aliphatic carbocycles. The van der Waals surface area contributed by atoms with Crippen molar-refractivity contribution in [2.45, 2.75) is 65.1 Å². The Balaban J connectivity index is 2.34. The number of benzene rings is 2. The Labute approximate surface area is 169 Å². The summed E-state index contributed by atoms with van der Waals surface area (Å²) < 4.78 is 0. The molecule has 2 unspecified atom stereocenters. The summed E-state index contributed by atoms with van der Waals surface area (Å²) in [4.78, 5) is 27.9. The summed E-state index contributed by atoms with van der Waals surface area (Å²) in [5.74, 6) is -0.0647. The van der Waals surface area contributed by atoms with Crippen LogP contribution in [0.1, 0.15) is 51.2 Å². The van der Waals surface area contributed by atoms with Crippen molar-refractivity contribution < 1.29 is 9.59 Å². The van der Waals surface area contributed by atoms with Gasteiger partial charge in [0.1, 0.15) is 6.04 Å². The predicted octanol–water partition coefficient (Wildman–Crippen LogP) is 4.34. The molecular formula is C24H32N2O2. The quantitative estimate of drug-likeness (QED) is 0.666. The Bertz CT molecular complexity index is 731. The highest BCUT2D eigenvalue weighted by molar-refractivity contribution is 5.88. The largest absolute Gasteiger partial charge is 0.352 e. The number of amides is 2. The molecular weight excluding hydrogens is 348 g/mol. The Morgan fingerprint density at radius 3 is 2.04 bits per heavy atom. The van der Waals surface area contributed by atoms with E-state index in [-0.39, 0.29) is 17.9 Å². The van der Waals surface area contributed by atoms with Crippen molar-refractivity contribution in [2.75, 3.05) is 0 Å². The molecule has 0 aromatic heterocycles. The molecule has 0 saturated carbocycles. The van der Waals surface area contributed by atoms with E-state index < -0.39 is 6.04 Å². The van der Waals surface area contributed by atoms with Crippen molar-refractivity contribution in [2.24, 2.45) is 0 Å². The van der Waals surface area contributed by atoms with E-state index in [0.29, 0.717) is 19.4 Å². The number of nitrogens with one attached hydrogen (secondary N) is 1. The van der Waals surface area contributed by atoms with Crippen molar-refractivity contribution in [1.29, 1.82) is 0 Å². The molecule has 0 fully saturated rings. The third kappa shape index (κ3) is 6.52. The van der Waals surface area contributed by atoms with Crippen LogP contribution in [-0.2, 0) is 22.6 Å². The second-order valence-corrected chi connectivity index (χ2v) is 7.28. The van der Waals surface area contributed by atoms with Gasteiger partial charge >= 0.3 is 0 Å². The second-order valence-electron chi connectivity index (χ2n) is 7.28. The molecule has 4 heteroatoms. The molecule has 0 spiro atoms. The summed E-state index contributed by atoms with van der Waals surface area (Å²) in [6.45, 7) is 6.46. The van der Waals surface area contributed by atoms with E-state index in [1.54, 1.807) is 4.90 Å². The van der Waals surface area contributed by atoms with Crippen molar-refractivity contribution >= 4 is 11.8 Å². The zero-order valence-electron chi connectivity index (χ0n) is 17.2. The zero-order valence-corrected chi connectivity index (χ0v) is 17.2. The van der Waals surface area contributed by atoms with Crippen LogP contribution in [-0.4, -0.2) is 28.8 Å². The number of hydrogen-bond acceptors (Lipinski definition) is 2. The highest BCUT2D eigenvalue weighted by Crippen LogP contribution is 2.16. The monoisotopic (exact) mass is 380 g/mol. The van der Waals surface area contributed by atoms with E-state index >= 15 is 0 Å². The molecule has 0 heterocycles. The normalized spacial score (nSPS) is 12.8. The molecule has 2 rings (SSSR count). The van der Waals surface area contributed by atoms with Gasteiger partial charge in [0.05, 0.1) is 0 Å². The summed E-state index contributed by atoms with van der Waals surface area (Å²) in [6.07, 6.45) is 2.56. The van der Waals surface area contributed by atoms with Crippen LogP contribution >= 0.6 is 0 Å². The number of rotatable bonds is 10. The number of hydrogen-bond donors (Lipinski definition) is 1. The smallest absolute Gasteiger partial charge is 0.243 e. The molecule has 2 amide bonds. The highest BCUT2D eigenvalue weighted by atomic mass is 16.2. The lowest BCUT2D eigenvalue weighted by Crippen LogP contribution is -2.52. The fourth-order valence-corrected chi connectivity index (χ4v) is 3.13. The standard InChI is InChI=1S/C24H32N2O2/c1-4-12-23(27)26(18-21-15-10-7-11-16-21)22(24(28)25-19(3)5-2)17-20-13-8-6-9-14-20/h6-11,13-16,19,22H,4-5,12,17-18H2,1-3H3,(H,25,28). The van der Waals surface area contributed by atoms with Gasteiger partial charge in [0.15, 0.2) is 0 Å². The van der Waals surface area contributed by atoms with Gasteiger partial charge in [-0.15, -0.1) is 0 Å². The fourth-order valence-electron chi connectivity index (χ4n) is 3.13. The second kappa shape index (κ2) is 11.3. The van der Waals surface area contributed by atoms with Gasteiger partial charge in [-0.25, -0.2) is 0 Å². The first-order valence-electron chi connectivity index (χ1n) is 10.2. The molecule has 0 aliphatic heterocycles. The summed E-state index contributed by atoms with van der Waals surface area (Å²) in [6, 6.07) is 19.3. The van der Waals surface area contributed by atoms with Gasteiger partial charge in [-0.05, 0) is 30.9 Å². The van der Waals surface area contributed by atoms with Gasteiger partial charge < -0.3 is 10.2 Å². The van der Waals surface area contributed by atoms with Gasteiger partial charge in [0.2, 0.25) is 11.8 Å².